The van der Waals surface area contributed by atoms with Gasteiger partial charge in [0.1, 0.15) is 0 Å². The number of nitrogens with one attached hydrogen (secondary N) is 1. The lowest BCUT2D eigenvalue weighted by Crippen LogP contribution is -2.53. The summed E-state index contributed by atoms with van der Waals surface area (Å²) in [6.45, 7) is 9.53. The Labute approximate surface area is 117 Å². The number of nitrogens with zero attached hydrogens (tertiary/aromatic N) is 2. The van der Waals surface area contributed by atoms with Crippen LogP contribution >= 0.6 is 0 Å². The van der Waals surface area contributed by atoms with E-state index in [0.29, 0.717) is 6.04 Å². The summed E-state index contributed by atoms with van der Waals surface area (Å²) in [7, 11) is 3.84. The zero-order valence-electron chi connectivity index (χ0n) is 13.3. The van der Waals surface area contributed by atoms with Crippen LogP contribution in [0.5, 0.6) is 0 Å². The van der Waals surface area contributed by atoms with E-state index in [0.717, 1.165) is 31.5 Å². The summed E-state index contributed by atoms with van der Waals surface area (Å²) in [5.41, 5.74) is 2.23. The fraction of sp³-hybridized carbons (Fsp3) is 0.800. The van der Waals surface area contributed by atoms with E-state index >= 15 is 0 Å². The van der Waals surface area contributed by atoms with Gasteiger partial charge in [-0.15, -0.1) is 0 Å². The Kier molecular flexibility index (Phi) is 6.01. The van der Waals surface area contributed by atoms with Crippen LogP contribution in [0.25, 0.3) is 0 Å². The molecule has 0 aliphatic carbocycles. The van der Waals surface area contributed by atoms with Gasteiger partial charge in [-0.05, 0) is 32.4 Å². The van der Waals surface area contributed by atoms with E-state index in [1.165, 1.54) is 5.69 Å². The Hall–Kier alpha value is -0.870. The van der Waals surface area contributed by atoms with Crippen molar-refractivity contribution in [1.82, 2.24) is 15.1 Å². The summed E-state index contributed by atoms with van der Waals surface area (Å²) in [4.78, 5) is 0. The van der Waals surface area contributed by atoms with Gasteiger partial charge in [0, 0.05) is 32.3 Å². The molecule has 0 aliphatic heterocycles. The monoisotopic (exact) mass is 267 g/mol. The molecule has 4 nitrogen and oxygen atoms in total. The van der Waals surface area contributed by atoms with E-state index in [2.05, 4.69) is 37.3 Å². The molecule has 1 heterocycles. The highest BCUT2D eigenvalue weighted by atomic mass is 16.5. The Bertz CT molecular complexity index is 374. The van der Waals surface area contributed by atoms with Gasteiger partial charge in [0.25, 0.3) is 0 Å². The average Bonchev–Trinajstić information content (AvgIpc) is 2.71. The molecule has 1 aromatic rings. The maximum absolute atomic E-state index is 5.88. The smallest absolute Gasteiger partial charge is 0.0829 e. The van der Waals surface area contributed by atoms with E-state index in [1.54, 1.807) is 0 Å². The molecule has 110 valence electrons. The minimum atomic E-state index is -0.103. The fourth-order valence-electron chi connectivity index (χ4n) is 2.93. The van der Waals surface area contributed by atoms with E-state index in [4.69, 9.17) is 4.74 Å². The van der Waals surface area contributed by atoms with Crippen LogP contribution in [0.1, 0.15) is 45.0 Å². The predicted molar refractivity (Wildman–Crippen MR) is 79.4 cm³/mol. The molecule has 0 bridgehead atoms. The third kappa shape index (κ3) is 3.57. The van der Waals surface area contributed by atoms with Gasteiger partial charge in [-0.25, -0.2) is 0 Å². The van der Waals surface area contributed by atoms with Crippen molar-refractivity contribution in [1.29, 1.82) is 0 Å². The van der Waals surface area contributed by atoms with Crippen LogP contribution in [0.15, 0.2) is 6.07 Å². The van der Waals surface area contributed by atoms with Gasteiger partial charge in [-0.2, -0.15) is 5.10 Å². The zero-order chi connectivity index (χ0) is 14.5. The molecule has 1 atom stereocenters. The molecule has 1 aromatic heterocycles. The van der Waals surface area contributed by atoms with Crippen molar-refractivity contribution in [3.05, 3.63) is 17.5 Å². The molecule has 0 fully saturated rings. The Morgan fingerprint density at radius 2 is 2.00 bits per heavy atom. The van der Waals surface area contributed by atoms with Crippen LogP contribution in [0.2, 0.25) is 0 Å². The highest BCUT2D eigenvalue weighted by molar-refractivity contribution is 5.12. The van der Waals surface area contributed by atoms with Crippen LogP contribution in [0.3, 0.4) is 0 Å². The molecule has 0 saturated carbocycles. The molecule has 0 radical (unpaired) electrons. The number of hydrogen-bond acceptors (Lipinski definition) is 3. The number of aromatic nitrogens is 2. The highest BCUT2D eigenvalue weighted by Crippen LogP contribution is 2.26. The van der Waals surface area contributed by atoms with E-state index < -0.39 is 0 Å². The molecular formula is C15H29N3O. The topological polar surface area (TPSA) is 39.1 Å². The average molecular weight is 267 g/mol. The second-order valence-corrected chi connectivity index (χ2v) is 5.19. The van der Waals surface area contributed by atoms with Gasteiger partial charge in [0.05, 0.1) is 11.3 Å². The van der Waals surface area contributed by atoms with Crippen molar-refractivity contribution in [2.45, 2.75) is 58.6 Å². The van der Waals surface area contributed by atoms with Crippen molar-refractivity contribution in [2.75, 3.05) is 13.7 Å². The van der Waals surface area contributed by atoms with Crippen LogP contribution in [-0.2, 0) is 18.2 Å². The van der Waals surface area contributed by atoms with Gasteiger partial charge >= 0.3 is 0 Å². The lowest BCUT2D eigenvalue weighted by Gasteiger charge is -2.39. The first-order valence-corrected chi connectivity index (χ1v) is 7.31. The molecule has 4 heteroatoms. The summed E-state index contributed by atoms with van der Waals surface area (Å²) in [6.07, 6.45) is 2.96. The quantitative estimate of drug-likeness (QED) is 0.786. The zero-order valence-corrected chi connectivity index (χ0v) is 13.3. The van der Waals surface area contributed by atoms with Crippen LogP contribution in [0, 0.1) is 6.92 Å². The van der Waals surface area contributed by atoms with Crippen LogP contribution < -0.4 is 5.32 Å². The molecule has 0 aromatic carbocycles. The molecular weight excluding hydrogens is 238 g/mol. The van der Waals surface area contributed by atoms with Gasteiger partial charge in [0.15, 0.2) is 0 Å². The molecule has 1 N–H and O–H groups in total. The number of rotatable bonds is 8. The second-order valence-electron chi connectivity index (χ2n) is 5.19. The summed E-state index contributed by atoms with van der Waals surface area (Å²) < 4.78 is 7.86. The van der Waals surface area contributed by atoms with Crippen molar-refractivity contribution in [3.8, 4) is 0 Å². The minimum Gasteiger partial charge on any atom is -0.377 e. The largest absolute Gasteiger partial charge is 0.377 e. The predicted octanol–water partition coefficient (Wildman–Crippen LogP) is 2.45. The molecule has 0 amide bonds. The lowest BCUT2D eigenvalue weighted by atomic mass is 9.85. The van der Waals surface area contributed by atoms with Crippen molar-refractivity contribution in [3.63, 3.8) is 0 Å². The second kappa shape index (κ2) is 7.06. The van der Waals surface area contributed by atoms with Gasteiger partial charge in [-0.3, -0.25) is 4.68 Å². The van der Waals surface area contributed by atoms with E-state index in [9.17, 15) is 0 Å². The number of likely N-dealkylation sites (N-methyl/N-ethyl adjacent to an activating group) is 1. The van der Waals surface area contributed by atoms with Crippen LogP contribution in [0.4, 0.5) is 0 Å². The summed E-state index contributed by atoms with van der Waals surface area (Å²) in [5, 5.41) is 8.03. The van der Waals surface area contributed by atoms with Crippen molar-refractivity contribution >= 4 is 0 Å². The molecule has 1 rings (SSSR count). The lowest BCUT2D eigenvalue weighted by molar-refractivity contribution is -0.0472. The van der Waals surface area contributed by atoms with Gasteiger partial charge in [-0.1, -0.05) is 20.8 Å². The molecule has 1 unspecified atom stereocenters. The minimum absolute atomic E-state index is 0.103. The maximum atomic E-state index is 5.88. The van der Waals surface area contributed by atoms with Crippen LogP contribution in [-0.4, -0.2) is 35.1 Å². The number of methoxy groups -OCH3 is 1. The Morgan fingerprint density at radius 3 is 2.37 bits per heavy atom. The standard InChI is InChI=1S/C15H29N3O/c1-7-15(8-2,19-6)14(16-9-3)11-13-10-12(4)17-18(13)5/h10,14,16H,7-9,11H2,1-6H3. The molecule has 19 heavy (non-hydrogen) atoms. The highest BCUT2D eigenvalue weighted by Gasteiger charge is 2.35. The van der Waals surface area contributed by atoms with E-state index in [1.807, 2.05) is 25.8 Å². The normalized spacial score (nSPS) is 13.8. The molecule has 0 saturated heterocycles. The third-order valence-electron chi connectivity index (χ3n) is 4.20. The van der Waals surface area contributed by atoms with Crippen molar-refractivity contribution in [2.24, 2.45) is 7.05 Å². The van der Waals surface area contributed by atoms with Gasteiger partial charge in [0.2, 0.25) is 0 Å². The maximum Gasteiger partial charge on any atom is 0.0829 e. The van der Waals surface area contributed by atoms with Gasteiger partial charge < -0.3 is 10.1 Å². The summed E-state index contributed by atoms with van der Waals surface area (Å²) in [6, 6.07) is 2.48. The molecule has 0 aliphatic rings. The first-order chi connectivity index (χ1) is 9.02. The van der Waals surface area contributed by atoms with E-state index in [-0.39, 0.29) is 5.60 Å². The Morgan fingerprint density at radius 1 is 1.37 bits per heavy atom. The number of hydrogen-bond donors (Lipinski definition) is 1. The summed E-state index contributed by atoms with van der Waals surface area (Å²) >= 11 is 0. The summed E-state index contributed by atoms with van der Waals surface area (Å²) in [5.74, 6) is 0. The fourth-order valence-corrected chi connectivity index (χ4v) is 2.93. The SMILES string of the molecule is CCNC(Cc1cc(C)nn1C)C(CC)(CC)OC. The van der Waals surface area contributed by atoms with Crippen molar-refractivity contribution < 1.29 is 4.74 Å². The first-order valence-electron chi connectivity index (χ1n) is 7.31. The third-order valence-corrected chi connectivity index (χ3v) is 4.20. The Balaban J connectivity index is 2.97. The number of aryl methyl sites for hydroxylation is 2. The molecule has 0 spiro atoms. The first kappa shape index (κ1) is 16.2. The number of ether oxygens (including phenoxy) is 1.